The van der Waals surface area contributed by atoms with E-state index in [9.17, 15) is 14.7 Å². The molecule has 2 atom stereocenters. The minimum absolute atomic E-state index is 0.239. The standard InChI is InChI=1S/C15H23NO3/c1-2-15(14(18)19)3-5-16(6-4-15)13(17)12-8-10-7-11(10)9-12/h10-12H,2-9H2,1H3,(H,18,19). The lowest BCUT2D eigenvalue weighted by Gasteiger charge is -2.39. The summed E-state index contributed by atoms with van der Waals surface area (Å²) in [7, 11) is 0. The van der Waals surface area contributed by atoms with Crippen molar-refractivity contribution in [3.05, 3.63) is 0 Å². The van der Waals surface area contributed by atoms with E-state index in [1.165, 1.54) is 6.42 Å². The van der Waals surface area contributed by atoms with Crippen LogP contribution in [0.15, 0.2) is 0 Å². The minimum Gasteiger partial charge on any atom is -0.481 e. The molecular formula is C15H23NO3. The molecule has 1 amide bonds. The maximum atomic E-state index is 12.4. The smallest absolute Gasteiger partial charge is 0.309 e. The Bertz CT molecular complexity index is 388. The Balaban J connectivity index is 1.57. The lowest BCUT2D eigenvalue weighted by Crippen LogP contribution is -2.47. The van der Waals surface area contributed by atoms with Crippen LogP contribution in [-0.2, 0) is 9.59 Å². The first kappa shape index (κ1) is 12.9. The van der Waals surface area contributed by atoms with E-state index >= 15 is 0 Å². The summed E-state index contributed by atoms with van der Waals surface area (Å²) in [5.74, 6) is 1.49. The largest absolute Gasteiger partial charge is 0.481 e. The predicted molar refractivity (Wildman–Crippen MR) is 70.5 cm³/mol. The van der Waals surface area contributed by atoms with Crippen molar-refractivity contribution >= 4 is 11.9 Å². The fourth-order valence-electron chi connectivity index (χ4n) is 4.05. The number of nitrogens with zero attached hydrogens (tertiary/aromatic N) is 1. The summed E-state index contributed by atoms with van der Waals surface area (Å²) in [4.78, 5) is 25.7. The number of likely N-dealkylation sites (tertiary alicyclic amines) is 1. The third kappa shape index (κ3) is 2.15. The van der Waals surface area contributed by atoms with Crippen LogP contribution in [0.2, 0.25) is 0 Å². The van der Waals surface area contributed by atoms with Crippen molar-refractivity contribution < 1.29 is 14.7 Å². The lowest BCUT2D eigenvalue weighted by atomic mass is 9.76. The van der Waals surface area contributed by atoms with Crippen LogP contribution in [0.3, 0.4) is 0 Å². The first-order valence-electron chi connectivity index (χ1n) is 7.58. The Morgan fingerprint density at radius 1 is 1.16 bits per heavy atom. The number of carboxylic acids is 1. The van der Waals surface area contributed by atoms with E-state index in [1.807, 2.05) is 11.8 Å². The number of fused-ring (bicyclic) bond motifs is 1. The maximum Gasteiger partial charge on any atom is 0.309 e. The number of carboxylic acid groups (broad SMARTS) is 1. The molecule has 3 aliphatic rings. The Labute approximate surface area is 114 Å². The summed E-state index contributed by atoms with van der Waals surface area (Å²) >= 11 is 0. The second kappa shape index (κ2) is 4.50. The lowest BCUT2D eigenvalue weighted by molar-refractivity contribution is -0.155. The zero-order valence-electron chi connectivity index (χ0n) is 11.6. The number of piperidine rings is 1. The molecule has 0 aromatic rings. The molecule has 1 heterocycles. The molecule has 4 heteroatoms. The first-order valence-corrected chi connectivity index (χ1v) is 7.58. The number of amides is 1. The van der Waals surface area contributed by atoms with Crippen molar-refractivity contribution in [1.29, 1.82) is 0 Å². The van der Waals surface area contributed by atoms with Gasteiger partial charge in [0.25, 0.3) is 0 Å². The van der Waals surface area contributed by atoms with E-state index in [2.05, 4.69) is 0 Å². The van der Waals surface area contributed by atoms with Gasteiger partial charge in [-0.3, -0.25) is 9.59 Å². The van der Waals surface area contributed by atoms with E-state index < -0.39 is 11.4 Å². The van der Waals surface area contributed by atoms with Crippen molar-refractivity contribution in [3.63, 3.8) is 0 Å². The van der Waals surface area contributed by atoms with Gasteiger partial charge in [-0.15, -0.1) is 0 Å². The average Bonchev–Trinajstić information content (AvgIpc) is 3.04. The molecule has 2 aliphatic carbocycles. The van der Waals surface area contributed by atoms with Crippen molar-refractivity contribution in [3.8, 4) is 0 Å². The summed E-state index contributed by atoms with van der Waals surface area (Å²) in [6, 6.07) is 0. The molecule has 4 nitrogen and oxygen atoms in total. The van der Waals surface area contributed by atoms with Crippen LogP contribution in [0.5, 0.6) is 0 Å². The van der Waals surface area contributed by atoms with Crippen LogP contribution in [-0.4, -0.2) is 35.0 Å². The molecule has 3 fully saturated rings. The number of rotatable bonds is 3. The zero-order valence-corrected chi connectivity index (χ0v) is 11.6. The van der Waals surface area contributed by atoms with Gasteiger partial charge in [0, 0.05) is 19.0 Å². The van der Waals surface area contributed by atoms with Gasteiger partial charge in [-0.05, 0) is 50.4 Å². The molecule has 1 N–H and O–H groups in total. The molecule has 0 aromatic heterocycles. The summed E-state index contributed by atoms with van der Waals surface area (Å²) < 4.78 is 0. The van der Waals surface area contributed by atoms with Crippen molar-refractivity contribution in [1.82, 2.24) is 4.90 Å². The maximum absolute atomic E-state index is 12.4. The summed E-state index contributed by atoms with van der Waals surface area (Å²) in [5, 5.41) is 9.36. The summed E-state index contributed by atoms with van der Waals surface area (Å²) in [6.07, 6.45) is 5.39. The fraction of sp³-hybridized carbons (Fsp3) is 0.867. The number of aliphatic carboxylic acids is 1. The topological polar surface area (TPSA) is 57.6 Å². The highest BCUT2D eigenvalue weighted by atomic mass is 16.4. The average molecular weight is 265 g/mol. The number of hydrogen-bond donors (Lipinski definition) is 1. The molecule has 2 unspecified atom stereocenters. The van der Waals surface area contributed by atoms with Gasteiger partial charge >= 0.3 is 5.97 Å². The van der Waals surface area contributed by atoms with Crippen molar-refractivity contribution in [2.45, 2.75) is 45.4 Å². The summed E-state index contributed by atoms with van der Waals surface area (Å²) in [6.45, 7) is 3.20. The molecule has 106 valence electrons. The number of hydrogen-bond acceptors (Lipinski definition) is 2. The highest BCUT2D eigenvalue weighted by molar-refractivity contribution is 5.80. The summed E-state index contributed by atoms with van der Waals surface area (Å²) in [5.41, 5.74) is -0.589. The third-order valence-corrected chi connectivity index (χ3v) is 5.76. The number of carbonyl (C=O) groups excluding carboxylic acids is 1. The second-order valence-electron chi connectivity index (χ2n) is 6.69. The van der Waals surface area contributed by atoms with Crippen LogP contribution < -0.4 is 0 Å². The first-order chi connectivity index (χ1) is 9.05. The normalized spacial score (nSPS) is 35.8. The molecule has 0 radical (unpaired) electrons. The Kier molecular flexibility index (Phi) is 3.06. The monoisotopic (exact) mass is 265 g/mol. The Hall–Kier alpha value is -1.06. The van der Waals surface area contributed by atoms with Gasteiger partial charge in [0.15, 0.2) is 0 Å². The molecule has 3 rings (SSSR count). The van der Waals surface area contributed by atoms with E-state index in [4.69, 9.17) is 0 Å². The van der Waals surface area contributed by atoms with Gasteiger partial charge in [0.1, 0.15) is 0 Å². The van der Waals surface area contributed by atoms with Crippen LogP contribution in [0.1, 0.15) is 45.4 Å². The molecule has 1 saturated heterocycles. The highest BCUT2D eigenvalue weighted by Crippen LogP contribution is 2.54. The van der Waals surface area contributed by atoms with E-state index in [1.54, 1.807) is 0 Å². The Morgan fingerprint density at radius 2 is 1.74 bits per heavy atom. The van der Waals surface area contributed by atoms with Gasteiger partial charge in [-0.1, -0.05) is 6.92 Å². The van der Waals surface area contributed by atoms with Crippen molar-refractivity contribution in [2.75, 3.05) is 13.1 Å². The van der Waals surface area contributed by atoms with Crippen LogP contribution in [0.25, 0.3) is 0 Å². The molecule has 0 aromatic carbocycles. The molecule has 0 spiro atoms. The van der Waals surface area contributed by atoms with E-state index in [-0.39, 0.29) is 5.92 Å². The molecule has 2 saturated carbocycles. The van der Waals surface area contributed by atoms with E-state index in [0.717, 1.165) is 24.7 Å². The minimum atomic E-state index is -0.691. The Morgan fingerprint density at radius 3 is 2.21 bits per heavy atom. The van der Waals surface area contributed by atoms with Gasteiger partial charge in [-0.25, -0.2) is 0 Å². The highest BCUT2D eigenvalue weighted by Gasteiger charge is 2.49. The van der Waals surface area contributed by atoms with Crippen molar-refractivity contribution in [2.24, 2.45) is 23.2 Å². The van der Waals surface area contributed by atoms with E-state index in [0.29, 0.717) is 38.3 Å². The molecule has 0 bridgehead atoms. The van der Waals surface area contributed by atoms with Gasteiger partial charge in [-0.2, -0.15) is 0 Å². The molecular weight excluding hydrogens is 242 g/mol. The predicted octanol–water partition coefficient (Wildman–Crippen LogP) is 2.14. The van der Waals surface area contributed by atoms with Crippen LogP contribution in [0.4, 0.5) is 0 Å². The van der Waals surface area contributed by atoms with Gasteiger partial charge < -0.3 is 10.0 Å². The quantitative estimate of drug-likeness (QED) is 0.850. The van der Waals surface area contributed by atoms with Gasteiger partial charge in [0.2, 0.25) is 5.91 Å². The van der Waals surface area contributed by atoms with Crippen LogP contribution >= 0.6 is 0 Å². The number of carbonyl (C=O) groups is 2. The molecule has 19 heavy (non-hydrogen) atoms. The van der Waals surface area contributed by atoms with Gasteiger partial charge in [0.05, 0.1) is 5.41 Å². The second-order valence-corrected chi connectivity index (χ2v) is 6.69. The third-order valence-electron chi connectivity index (χ3n) is 5.76. The van der Waals surface area contributed by atoms with Crippen LogP contribution in [0, 0.1) is 23.2 Å². The molecule has 1 aliphatic heterocycles. The SMILES string of the molecule is CCC1(C(=O)O)CCN(C(=O)C2CC3CC3C2)CC1. The fourth-order valence-corrected chi connectivity index (χ4v) is 4.05. The zero-order chi connectivity index (χ0) is 13.6.